The first kappa shape index (κ1) is 15.9. The second kappa shape index (κ2) is 11.4. The van der Waals surface area contributed by atoms with Crippen molar-refractivity contribution in [1.82, 2.24) is 0 Å². The SMILES string of the molecule is CCOOC#COOCC.Nc1ccccc1N. The number of benzene rings is 1. The van der Waals surface area contributed by atoms with Gasteiger partial charge in [0.2, 0.25) is 12.2 Å². The fourth-order valence-electron chi connectivity index (χ4n) is 0.722. The highest BCUT2D eigenvalue weighted by atomic mass is 17.2. The lowest BCUT2D eigenvalue weighted by atomic mass is 10.3. The van der Waals surface area contributed by atoms with Crippen LogP contribution in [0.3, 0.4) is 0 Å². The highest BCUT2D eigenvalue weighted by Gasteiger charge is 1.85. The van der Waals surface area contributed by atoms with Gasteiger partial charge in [-0.3, -0.25) is 9.78 Å². The Morgan fingerprint density at radius 3 is 1.56 bits per heavy atom. The summed E-state index contributed by atoms with van der Waals surface area (Å²) in [5.41, 5.74) is 12.1. The Kier molecular flexibility index (Phi) is 10.1. The Morgan fingerprint density at radius 2 is 1.28 bits per heavy atom. The molecule has 0 spiro atoms. The standard InChI is InChI=1S/C6H8N2.C6H10O4/c7-5-3-1-2-4-6(5)8;1-3-7-9-5-6-10-8-4-2/h1-4H,7-8H2;3-4H2,1-2H3. The molecule has 6 heteroatoms. The predicted molar refractivity (Wildman–Crippen MR) is 68.5 cm³/mol. The molecule has 1 rings (SSSR count). The predicted octanol–water partition coefficient (Wildman–Crippen LogP) is 1.69. The minimum Gasteiger partial charge on any atom is -0.397 e. The van der Waals surface area contributed by atoms with Gasteiger partial charge in [-0.1, -0.05) is 12.1 Å². The van der Waals surface area contributed by atoms with E-state index in [4.69, 9.17) is 11.5 Å². The number of hydrogen-bond donors (Lipinski definition) is 2. The van der Waals surface area contributed by atoms with Crippen molar-refractivity contribution in [3.8, 4) is 12.2 Å². The van der Waals surface area contributed by atoms with E-state index in [0.717, 1.165) is 0 Å². The van der Waals surface area contributed by atoms with Crippen molar-refractivity contribution in [1.29, 1.82) is 0 Å². The Labute approximate surface area is 107 Å². The summed E-state index contributed by atoms with van der Waals surface area (Å²) in [6.07, 6.45) is 4.20. The molecule has 0 saturated heterocycles. The first-order valence-corrected chi connectivity index (χ1v) is 5.39. The molecule has 0 aliphatic heterocycles. The van der Waals surface area contributed by atoms with Gasteiger partial charge in [0.15, 0.2) is 0 Å². The minimum absolute atomic E-state index is 0.448. The van der Waals surface area contributed by atoms with E-state index in [0.29, 0.717) is 24.6 Å². The van der Waals surface area contributed by atoms with Gasteiger partial charge in [-0.15, -0.1) is 0 Å². The lowest BCUT2D eigenvalue weighted by molar-refractivity contribution is -0.246. The number of nitrogens with two attached hydrogens (primary N) is 2. The van der Waals surface area contributed by atoms with E-state index in [1.165, 1.54) is 0 Å². The Hall–Kier alpha value is -2.10. The normalized spacial score (nSPS) is 8.33. The zero-order valence-electron chi connectivity index (χ0n) is 10.5. The van der Waals surface area contributed by atoms with Gasteiger partial charge in [-0.25, -0.2) is 0 Å². The largest absolute Gasteiger partial charge is 0.397 e. The molecule has 0 bridgehead atoms. The van der Waals surface area contributed by atoms with E-state index in [1.807, 2.05) is 12.1 Å². The van der Waals surface area contributed by atoms with Gasteiger partial charge in [0.25, 0.3) is 0 Å². The van der Waals surface area contributed by atoms with Crippen LogP contribution < -0.4 is 11.5 Å². The average Bonchev–Trinajstić information content (AvgIpc) is 2.38. The van der Waals surface area contributed by atoms with Crippen LogP contribution in [0.4, 0.5) is 11.4 Å². The molecular formula is C12H18N2O4. The molecule has 0 aliphatic rings. The second-order valence-corrected chi connectivity index (χ2v) is 2.81. The van der Waals surface area contributed by atoms with Crippen LogP contribution in [0, 0.1) is 12.2 Å². The monoisotopic (exact) mass is 254 g/mol. The summed E-state index contributed by atoms with van der Waals surface area (Å²) in [6.45, 7) is 4.46. The summed E-state index contributed by atoms with van der Waals surface area (Å²) in [6, 6.07) is 7.25. The number of anilines is 2. The van der Waals surface area contributed by atoms with Crippen LogP contribution in [-0.2, 0) is 19.6 Å². The van der Waals surface area contributed by atoms with Crippen molar-refractivity contribution in [2.24, 2.45) is 0 Å². The van der Waals surface area contributed by atoms with Gasteiger partial charge >= 0.3 is 0 Å². The molecule has 0 radical (unpaired) electrons. The van der Waals surface area contributed by atoms with Gasteiger partial charge in [0.1, 0.15) is 0 Å². The third-order valence-electron chi connectivity index (χ3n) is 1.47. The maximum Gasteiger partial charge on any atom is 0.204 e. The quantitative estimate of drug-likeness (QED) is 0.279. The van der Waals surface area contributed by atoms with Crippen molar-refractivity contribution >= 4 is 11.4 Å². The molecule has 0 aromatic heterocycles. The van der Waals surface area contributed by atoms with Crippen LogP contribution in [0.5, 0.6) is 0 Å². The molecule has 0 fully saturated rings. The first-order valence-electron chi connectivity index (χ1n) is 5.39. The molecule has 0 unspecified atom stereocenters. The molecule has 4 N–H and O–H groups in total. The van der Waals surface area contributed by atoms with Crippen LogP contribution in [-0.4, -0.2) is 13.2 Å². The highest BCUT2D eigenvalue weighted by Crippen LogP contribution is 2.10. The Bertz CT molecular complexity index is 341. The first-order chi connectivity index (χ1) is 8.72. The third kappa shape index (κ3) is 9.15. The van der Waals surface area contributed by atoms with E-state index in [-0.39, 0.29) is 0 Å². The van der Waals surface area contributed by atoms with E-state index < -0.39 is 0 Å². The molecule has 0 saturated carbocycles. The molecule has 0 aliphatic carbocycles. The molecule has 0 heterocycles. The zero-order chi connectivity index (χ0) is 13.6. The average molecular weight is 254 g/mol. The highest BCUT2D eigenvalue weighted by molar-refractivity contribution is 5.62. The summed E-state index contributed by atoms with van der Waals surface area (Å²) in [5.74, 6) is 0. The van der Waals surface area contributed by atoms with Gasteiger partial charge in [-0.05, 0) is 26.0 Å². The van der Waals surface area contributed by atoms with Crippen molar-refractivity contribution in [3.05, 3.63) is 24.3 Å². The summed E-state index contributed by atoms with van der Waals surface area (Å²) in [5, 5.41) is 0. The fourth-order valence-corrected chi connectivity index (χ4v) is 0.722. The van der Waals surface area contributed by atoms with Crippen LogP contribution in [0.1, 0.15) is 13.8 Å². The second-order valence-electron chi connectivity index (χ2n) is 2.81. The summed E-state index contributed by atoms with van der Waals surface area (Å²) >= 11 is 0. The van der Waals surface area contributed by atoms with Gasteiger partial charge < -0.3 is 11.5 Å². The van der Waals surface area contributed by atoms with Gasteiger partial charge in [-0.2, -0.15) is 9.78 Å². The number of rotatable bonds is 4. The van der Waals surface area contributed by atoms with Crippen molar-refractivity contribution in [3.63, 3.8) is 0 Å². The molecular weight excluding hydrogens is 236 g/mol. The topological polar surface area (TPSA) is 89.0 Å². The third-order valence-corrected chi connectivity index (χ3v) is 1.47. The lowest BCUT2D eigenvalue weighted by Gasteiger charge is -1.94. The lowest BCUT2D eigenvalue weighted by Crippen LogP contribution is -1.91. The van der Waals surface area contributed by atoms with Crippen LogP contribution in [0.2, 0.25) is 0 Å². The van der Waals surface area contributed by atoms with E-state index in [1.54, 1.807) is 26.0 Å². The van der Waals surface area contributed by atoms with Crippen LogP contribution >= 0.6 is 0 Å². The number of para-hydroxylation sites is 2. The molecule has 1 aromatic carbocycles. The summed E-state index contributed by atoms with van der Waals surface area (Å²) in [4.78, 5) is 17.3. The van der Waals surface area contributed by atoms with E-state index in [2.05, 4.69) is 31.8 Å². The summed E-state index contributed by atoms with van der Waals surface area (Å²) in [7, 11) is 0. The van der Waals surface area contributed by atoms with Crippen molar-refractivity contribution in [2.45, 2.75) is 13.8 Å². The number of hydrogen-bond acceptors (Lipinski definition) is 6. The molecule has 100 valence electrons. The molecule has 0 amide bonds. The van der Waals surface area contributed by atoms with E-state index in [9.17, 15) is 0 Å². The van der Waals surface area contributed by atoms with Gasteiger partial charge in [0, 0.05) is 0 Å². The Balaban J connectivity index is 0.000000327. The maximum atomic E-state index is 5.39. The maximum absolute atomic E-state index is 5.39. The van der Waals surface area contributed by atoms with Crippen molar-refractivity contribution in [2.75, 3.05) is 24.7 Å². The smallest absolute Gasteiger partial charge is 0.204 e. The zero-order valence-corrected chi connectivity index (χ0v) is 10.5. The molecule has 0 atom stereocenters. The van der Waals surface area contributed by atoms with Crippen LogP contribution in [0.15, 0.2) is 24.3 Å². The van der Waals surface area contributed by atoms with Crippen molar-refractivity contribution < 1.29 is 19.6 Å². The minimum atomic E-state index is 0.448. The van der Waals surface area contributed by atoms with E-state index >= 15 is 0 Å². The van der Waals surface area contributed by atoms with Gasteiger partial charge in [0.05, 0.1) is 24.6 Å². The molecule has 18 heavy (non-hydrogen) atoms. The molecule has 6 nitrogen and oxygen atoms in total. The number of nitrogen functional groups attached to an aromatic ring is 2. The fraction of sp³-hybridized carbons (Fsp3) is 0.333. The molecule has 1 aromatic rings. The Morgan fingerprint density at radius 1 is 0.889 bits per heavy atom. The summed E-state index contributed by atoms with van der Waals surface area (Å²) < 4.78 is 0. The van der Waals surface area contributed by atoms with Crippen LogP contribution in [0.25, 0.3) is 0 Å².